The van der Waals surface area contributed by atoms with Gasteiger partial charge in [-0.05, 0) is 19.1 Å². The van der Waals surface area contributed by atoms with Gasteiger partial charge in [0.25, 0.3) is 5.56 Å². The maximum Gasteiger partial charge on any atom is 0.285 e. The first kappa shape index (κ1) is 15.0. The summed E-state index contributed by atoms with van der Waals surface area (Å²) < 4.78 is 0. The largest absolute Gasteiger partial charge is 0.363 e. The first-order valence-corrected chi connectivity index (χ1v) is 6.53. The van der Waals surface area contributed by atoms with Crippen LogP contribution in [0.5, 0.6) is 0 Å². The van der Waals surface area contributed by atoms with Crippen molar-refractivity contribution in [2.24, 2.45) is 0 Å². The van der Waals surface area contributed by atoms with Crippen molar-refractivity contribution in [1.82, 2.24) is 15.2 Å². The SMILES string of the molecule is Cc1cccc(NC(=O)CN(C)c2cn[nH]c(=O)c2Cl)n1. The summed E-state index contributed by atoms with van der Waals surface area (Å²) in [6.45, 7) is 1.85. The Labute approximate surface area is 126 Å². The average molecular weight is 308 g/mol. The molecule has 21 heavy (non-hydrogen) atoms. The van der Waals surface area contributed by atoms with Crippen molar-refractivity contribution in [3.8, 4) is 0 Å². The van der Waals surface area contributed by atoms with Crippen molar-refractivity contribution in [3.05, 3.63) is 45.5 Å². The molecule has 0 aliphatic carbocycles. The minimum atomic E-state index is -0.498. The van der Waals surface area contributed by atoms with Gasteiger partial charge in [-0.15, -0.1) is 0 Å². The fourth-order valence-corrected chi connectivity index (χ4v) is 1.97. The highest BCUT2D eigenvalue weighted by molar-refractivity contribution is 6.33. The smallest absolute Gasteiger partial charge is 0.285 e. The quantitative estimate of drug-likeness (QED) is 0.885. The minimum Gasteiger partial charge on any atom is -0.363 e. The second kappa shape index (κ2) is 6.36. The van der Waals surface area contributed by atoms with Crippen LogP contribution >= 0.6 is 11.6 Å². The number of aromatic amines is 1. The van der Waals surface area contributed by atoms with Gasteiger partial charge in [0.15, 0.2) is 0 Å². The van der Waals surface area contributed by atoms with Crippen molar-refractivity contribution in [2.75, 3.05) is 23.8 Å². The number of nitrogens with zero attached hydrogens (tertiary/aromatic N) is 3. The number of aromatic nitrogens is 3. The van der Waals surface area contributed by atoms with E-state index in [1.807, 2.05) is 13.0 Å². The third-order valence-electron chi connectivity index (χ3n) is 2.73. The Hall–Kier alpha value is -2.41. The van der Waals surface area contributed by atoms with Crippen LogP contribution in [0.1, 0.15) is 5.69 Å². The van der Waals surface area contributed by atoms with E-state index in [0.29, 0.717) is 11.5 Å². The molecule has 0 aromatic carbocycles. The molecule has 2 N–H and O–H groups in total. The standard InChI is InChI=1S/C13H14ClN5O2/c1-8-4-3-5-10(16-8)17-11(20)7-19(2)9-6-15-18-13(21)12(9)14/h3-6H,7H2,1-2H3,(H,18,21)(H,16,17,20). The van der Waals surface area contributed by atoms with E-state index < -0.39 is 5.56 Å². The first-order valence-electron chi connectivity index (χ1n) is 6.15. The number of rotatable bonds is 4. The third kappa shape index (κ3) is 3.79. The van der Waals surface area contributed by atoms with Gasteiger partial charge >= 0.3 is 0 Å². The molecule has 0 spiro atoms. The fraction of sp³-hybridized carbons (Fsp3) is 0.231. The normalized spacial score (nSPS) is 10.2. The van der Waals surface area contributed by atoms with Crippen LogP contribution in [0.3, 0.4) is 0 Å². The van der Waals surface area contributed by atoms with Crippen LogP contribution in [0.15, 0.2) is 29.2 Å². The van der Waals surface area contributed by atoms with Crippen molar-refractivity contribution in [3.63, 3.8) is 0 Å². The summed E-state index contributed by atoms with van der Waals surface area (Å²) in [4.78, 5) is 29.1. The zero-order valence-corrected chi connectivity index (χ0v) is 12.3. The number of anilines is 2. The minimum absolute atomic E-state index is 0.00557. The molecule has 0 radical (unpaired) electrons. The zero-order chi connectivity index (χ0) is 15.4. The van der Waals surface area contributed by atoms with Gasteiger partial charge in [0.05, 0.1) is 18.4 Å². The molecular formula is C13H14ClN5O2. The van der Waals surface area contributed by atoms with Crippen LogP contribution in [0.25, 0.3) is 0 Å². The molecule has 2 aromatic heterocycles. The van der Waals surface area contributed by atoms with Gasteiger partial charge in [-0.25, -0.2) is 10.1 Å². The molecule has 0 aliphatic rings. The van der Waals surface area contributed by atoms with E-state index in [9.17, 15) is 9.59 Å². The van der Waals surface area contributed by atoms with Gasteiger partial charge in [-0.3, -0.25) is 9.59 Å². The lowest BCUT2D eigenvalue weighted by Crippen LogP contribution is -2.31. The molecule has 1 amide bonds. The summed E-state index contributed by atoms with van der Waals surface area (Å²) in [5.74, 6) is 0.204. The van der Waals surface area contributed by atoms with Gasteiger partial charge in [0.1, 0.15) is 10.8 Å². The molecule has 0 atom stereocenters. The van der Waals surface area contributed by atoms with Crippen LogP contribution in [-0.2, 0) is 4.79 Å². The van der Waals surface area contributed by atoms with Gasteiger partial charge in [-0.1, -0.05) is 17.7 Å². The number of likely N-dealkylation sites (N-methyl/N-ethyl adjacent to an activating group) is 1. The maximum absolute atomic E-state index is 12.0. The summed E-state index contributed by atoms with van der Waals surface area (Å²) in [5.41, 5.74) is 0.692. The predicted octanol–water partition coefficient (Wildman–Crippen LogP) is 1.20. The van der Waals surface area contributed by atoms with Crippen molar-refractivity contribution >= 4 is 29.0 Å². The summed E-state index contributed by atoms with van der Waals surface area (Å²) >= 11 is 5.88. The number of hydrogen-bond acceptors (Lipinski definition) is 5. The Bertz CT molecular complexity index is 716. The molecule has 0 aliphatic heterocycles. The Kier molecular flexibility index (Phi) is 4.54. The van der Waals surface area contributed by atoms with Crippen LogP contribution in [0.2, 0.25) is 5.02 Å². The molecule has 7 nitrogen and oxygen atoms in total. The van der Waals surface area contributed by atoms with E-state index in [2.05, 4.69) is 20.5 Å². The number of H-pyrrole nitrogens is 1. The number of halogens is 1. The van der Waals surface area contributed by atoms with Gasteiger partial charge in [0, 0.05) is 12.7 Å². The molecule has 0 fully saturated rings. The van der Waals surface area contributed by atoms with E-state index in [1.54, 1.807) is 19.2 Å². The lowest BCUT2D eigenvalue weighted by atomic mass is 10.3. The molecule has 2 rings (SSSR count). The van der Waals surface area contributed by atoms with Crippen molar-refractivity contribution in [2.45, 2.75) is 6.92 Å². The Morgan fingerprint density at radius 3 is 2.95 bits per heavy atom. The molecule has 110 valence electrons. The summed E-state index contributed by atoms with van der Waals surface area (Å²) in [6, 6.07) is 5.34. The monoisotopic (exact) mass is 307 g/mol. The first-order chi connectivity index (χ1) is 9.97. The van der Waals surface area contributed by atoms with Gasteiger partial charge in [0.2, 0.25) is 5.91 Å². The Morgan fingerprint density at radius 2 is 2.24 bits per heavy atom. The van der Waals surface area contributed by atoms with Crippen molar-refractivity contribution < 1.29 is 4.79 Å². The molecule has 8 heteroatoms. The molecule has 0 unspecified atom stereocenters. The highest BCUT2D eigenvalue weighted by Gasteiger charge is 2.13. The molecule has 0 saturated heterocycles. The average Bonchev–Trinajstić information content (AvgIpc) is 2.41. The van der Waals surface area contributed by atoms with Gasteiger partial charge in [-0.2, -0.15) is 5.10 Å². The second-order valence-corrected chi connectivity index (χ2v) is 4.84. The predicted molar refractivity (Wildman–Crippen MR) is 80.7 cm³/mol. The van der Waals surface area contributed by atoms with E-state index >= 15 is 0 Å². The molecule has 0 saturated carbocycles. The number of hydrogen-bond donors (Lipinski definition) is 2. The summed E-state index contributed by atoms with van der Waals surface area (Å²) in [5, 5.41) is 8.55. The number of carbonyl (C=O) groups is 1. The highest BCUT2D eigenvalue weighted by Crippen LogP contribution is 2.18. The van der Waals surface area contributed by atoms with Gasteiger partial charge < -0.3 is 10.2 Å². The van der Waals surface area contributed by atoms with E-state index in [4.69, 9.17) is 11.6 Å². The summed E-state index contributed by atoms with van der Waals surface area (Å²) in [6.07, 6.45) is 1.39. The Balaban J connectivity index is 2.05. The zero-order valence-electron chi connectivity index (χ0n) is 11.6. The van der Waals surface area contributed by atoms with E-state index in [0.717, 1.165) is 5.69 Å². The number of aryl methyl sites for hydroxylation is 1. The lowest BCUT2D eigenvalue weighted by molar-refractivity contribution is -0.114. The summed E-state index contributed by atoms with van der Waals surface area (Å²) in [7, 11) is 1.64. The number of pyridine rings is 1. The third-order valence-corrected chi connectivity index (χ3v) is 3.09. The number of carbonyl (C=O) groups excluding carboxylic acids is 1. The molecular weight excluding hydrogens is 294 g/mol. The number of amides is 1. The molecule has 2 aromatic rings. The second-order valence-electron chi connectivity index (χ2n) is 4.47. The van der Waals surface area contributed by atoms with Crippen LogP contribution in [0, 0.1) is 6.92 Å². The van der Waals surface area contributed by atoms with Crippen LogP contribution < -0.4 is 15.8 Å². The van der Waals surface area contributed by atoms with Crippen LogP contribution in [-0.4, -0.2) is 34.7 Å². The highest BCUT2D eigenvalue weighted by atomic mass is 35.5. The Morgan fingerprint density at radius 1 is 1.48 bits per heavy atom. The van der Waals surface area contributed by atoms with Crippen molar-refractivity contribution in [1.29, 1.82) is 0 Å². The number of nitrogens with one attached hydrogen (secondary N) is 2. The topological polar surface area (TPSA) is 91.0 Å². The maximum atomic E-state index is 12.0. The van der Waals surface area contributed by atoms with E-state index in [1.165, 1.54) is 11.1 Å². The lowest BCUT2D eigenvalue weighted by Gasteiger charge is -2.18. The fourth-order valence-electron chi connectivity index (χ4n) is 1.74. The molecule has 2 heterocycles. The molecule has 0 bridgehead atoms. The van der Waals surface area contributed by atoms with Crippen LogP contribution in [0.4, 0.5) is 11.5 Å². The van der Waals surface area contributed by atoms with E-state index in [-0.39, 0.29) is 17.5 Å².